The molecular formula is C28H24ClNO7S. The number of ether oxygens (including phenoxy) is 3. The number of carbonyl (C=O) groups excluding carboxylic acids is 3. The second-order valence-electron chi connectivity index (χ2n) is 8.31. The molecule has 0 bridgehead atoms. The van der Waals surface area contributed by atoms with Crippen molar-refractivity contribution in [2.45, 2.75) is 13.0 Å². The van der Waals surface area contributed by atoms with Crippen LogP contribution >= 0.6 is 22.9 Å². The molecule has 0 saturated carbocycles. The standard InChI is InChI=1S/C28H24ClNO7S/c1-35-26(32)21(27(33)36-2)15-17-7-10-19(11-8-17)37-14-13-30-23-12-9-18(16-24(23)38-28(30)34)25(31)20-5-3-4-6-22(20)29/h3-12,16,21H,13-15H2,1-2H3. The summed E-state index contributed by atoms with van der Waals surface area (Å²) in [6, 6.07) is 18.9. The molecule has 0 aliphatic carbocycles. The second-order valence-corrected chi connectivity index (χ2v) is 9.71. The molecule has 0 unspecified atom stereocenters. The van der Waals surface area contributed by atoms with Crippen LogP contribution in [0.1, 0.15) is 21.5 Å². The maximum atomic E-state index is 12.9. The molecule has 0 spiro atoms. The van der Waals surface area contributed by atoms with Gasteiger partial charge in [0.25, 0.3) is 0 Å². The van der Waals surface area contributed by atoms with Crippen LogP contribution in [0.25, 0.3) is 10.2 Å². The van der Waals surface area contributed by atoms with Gasteiger partial charge in [0.15, 0.2) is 11.7 Å². The van der Waals surface area contributed by atoms with Gasteiger partial charge < -0.3 is 14.2 Å². The van der Waals surface area contributed by atoms with Crippen LogP contribution in [-0.2, 0) is 32.0 Å². The van der Waals surface area contributed by atoms with Crippen molar-refractivity contribution in [1.82, 2.24) is 4.57 Å². The molecule has 0 atom stereocenters. The first-order chi connectivity index (χ1) is 18.3. The average molecular weight is 554 g/mol. The first kappa shape index (κ1) is 27.1. The van der Waals surface area contributed by atoms with Gasteiger partial charge in [-0.1, -0.05) is 47.2 Å². The van der Waals surface area contributed by atoms with E-state index in [9.17, 15) is 19.2 Å². The maximum Gasteiger partial charge on any atom is 0.320 e. The lowest BCUT2D eigenvalue weighted by Crippen LogP contribution is -2.28. The molecular weight excluding hydrogens is 530 g/mol. The second kappa shape index (κ2) is 12.1. The predicted octanol–water partition coefficient (Wildman–Crippen LogP) is 4.53. The van der Waals surface area contributed by atoms with Gasteiger partial charge in [0.2, 0.25) is 0 Å². The smallest absolute Gasteiger partial charge is 0.320 e. The Morgan fingerprint density at radius 3 is 2.29 bits per heavy atom. The van der Waals surface area contributed by atoms with Gasteiger partial charge in [-0.15, -0.1) is 0 Å². The average Bonchev–Trinajstić information content (AvgIpc) is 3.25. The Bertz CT molecular complexity index is 1530. The summed E-state index contributed by atoms with van der Waals surface area (Å²) < 4.78 is 17.5. The maximum absolute atomic E-state index is 12.9. The topological polar surface area (TPSA) is 101 Å². The molecule has 4 rings (SSSR count). The number of aromatic nitrogens is 1. The van der Waals surface area contributed by atoms with Crippen molar-refractivity contribution in [3.05, 3.63) is 98.1 Å². The van der Waals surface area contributed by atoms with Crippen LogP contribution in [0.5, 0.6) is 5.75 Å². The Kier molecular flexibility index (Phi) is 8.60. The van der Waals surface area contributed by atoms with Crippen LogP contribution in [0.4, 0.5) is 0 Å². The van der Waals surface area contributed by atoms with E-state index in [-0.39, 0.29) is 23.7 Å². The number of carbonyl (C=O) groups is 3. The number of thiazole rings is 1. The molecule has 0 fully saturated rings. The lowest BCUT2D eigenvalue weighted by atomic mass is 9.99. The quantitative estimate of drug-likeness (QED) is 0.161. The molecule has 10 heteroatoms. The van der Waals surface area contributed by atoms with Gasteiger partial charge in [-0.25, -0.2) is 0 Å². The SMILES string of the molecule is COC(=O)C(Cc1ccc(OCCn2c(=O)sc3cc(C(=O)c4ccccc4Cl)ccc32)cc1)C(=O)OC. The lowest BCUT2D eigenvalue weighted by molar-refractivity contribution is -0.158. The summed E-state index contributed by atoms with van der Waals surface area (Å²) in [5.41, 5.74) is 2.31. The minimum atomic E-state index is -1.05. The number of nitrogens with zero attached hydrogens (tertiary/aromatic N) is 1. The third kappa shape index (κ3) is 5.95. The van der Waals surface area contributed by atoms with Gasteiger partial charge in [-0.05, 0) is 54.4 Å². The summed E-state index contributed by atoms with van der Waals surface area (Å²) in [5, 5.41) is 0.375. The van der Waals surface area contributed by atoms with Crippen LogP contribution in [0.15, 0.2) is 71.5 Å². The summed E-state index contributed by atoms with van der Waals surface area (Å²) in [5.74, 6) is -2.00. The normalized spacial score (nSPS) is 10.9. The monoisotopic (exact) mass is 553 g/mol. The molecule has 196 valence electrons. The lowest BCUT2D eigenvalue weighted by Gasteiger charge is -2.13. The zero-order valence-corrected chi connectivity index (χ0v) is 22.2. The van der Waals surface area contributed by atoms with Crippen LogP contribution in [0, 0.1) is 5.92 Å². The minimum Gasteiger partial charge on any atom is -0.492 e. The molecule has 0 aliphatic rings. The molecule has 0 aliphatic heterocycles. The highest BCUT2D eigenvalue weighted by Gasteiger charge is 2.28. The largest absolute Gasteiger partial charge is 0.492 e. The van der Waals surface area contributed by atoms with E-state index in [0.29, 0.717) is 38.7 Å². The number of benzene rings is 3. The molecule has 0 amide bonds. The van der Waals surface area contributed by atoms with Gasteiger partial charge in [0.05, 0.1) is 36.0 Å². The molecule has 1 aromatic heterocycles. The highest BCUT2D eigenvalue weighted by atomic mass is 35.5. The van der Waals surface area contributed by atoms with E-state index >= 15 is 0 Å². The van der Waals surface area contributed by atoms with E-state index in [0.717, 1.165) is 16.9 Å². The van der Waals surface area contributed by atoms with Crippen LogP contribution in [-0.4, -0.2) is 43.1 Å². The molecule has 3 aromatic carbocycles. The van der Waals surface area contributed by atoms with Crippen molar-refractivity contribution < 1.29 is 28.6 Å². The highest BCUT2D eigenvalue weighted by molar-refractivity contribution is 7.16. The summed E-state index contributed by atoms with van der Waals surface area (Å²) in [6.45, 7) is 0.545. The minimum absolute atomic E-state index is 0.136. The number of ketones is 1. The number of esters is 2. The van der Waals surface area contributed by atoms with E-state index in [1.54, 1.807) is 71.3 Å². The fraction of sp³-hybridized carbons (Fsp3) is 0.214. The Hall–Kier alpha value is -3.95. The number of hydrogen-bond acceptors (Lipinski definition) is 8. The van der Waals surface area contributed by atoms with E-state index < -0.39 is 17.9 Å². The number of hydrogen-bond donors (Lipinski definition) is 0. The number of fused-ring (bicyclic) bond motifs is 1. The van der Waals surface area contributed by atoms with Crippen LogP contribution in [0.2, 0.25) is 5.02 Å². The van der Waals surface area contributed by atoms with E-state index in [4.69, 9.17) is 16.3 Å². The summed E-state index contributed by atoms with van der Waals surface area (Å²) in [7, 11) is 2.44. The third-order valence-corrected chi connectivity index (χ3v) is 7.24. The molecule has 0 saturated heterocycles. The Balaban J connectivity index is 1.41. The van der Waals surface area contributed by atoms with Crippen molar-refractivity contribution in [3.63, 3.8) is 0 Å². The number of methoxy groups -OCH3 is 2. The first-order valence-electron chi connectivity index (χ1n) is 11.6. The van der Waals surface area contributed by atoms with Crippen LogP contribution < -0.4 is 9.61 Å². The Morgan fingerprint density at radius 1 is 0.947 bits per heavy atom. The summed E-state index contributed by atoms with van der Waals surface area (Å²) in [4.78, 5) is 49.1. The van der Waals surface area contributed by atoms with E-state index in [2.05, 4.69) is 9.47 Å². The first-order valence-corrected chi connectivity index (χ1v) is 12.8. The summed E-state index contributed by atoms with van der Waals surface area (Å²) >= 11 is 7.23. The fourth-order valence-electron chi connectivity index (χ4n) is 3.98. The van der Waals surface area contributed by atoms with Crippen molar-refractivity contribution in [2.75, 3.05) is 20.8 Å². The Labute approximate surface area is 227 Å². The van der Waals surface area contributed by atoms with Gasteiger partial charge >= 0.3 is 16.8 Å². The number of halogens is 1. The van der Waals surface area contributed by atoms with Gasteiger partial charge in [0, 0.05) is 11.1 Å². The molecule has 1 heterocycles. The zero-order chi connectivity index (χ0) is 27.2. The van der Waals surface area contributed by atoms with Crippen molar-refractivity contribution in [3.8, 4) is 5.75 Å². The predicted molar refractivity (Wildman–Crippen MR) is 144 cm³/mol. The molecule has 0 radical (unpaired) electrons. The number of rotatable bonds is 10. The summed E-state index contributed by atoms with van der Waals surface area (Å²) in [6.07, 6.45) is 0.136. The zero-order valence-electron chi connectivity index (χ0n) is 20.6. The van der Waals surface area contributed by atoms with Gasteiger partial charge in [0.1, 0.15) is 12.4 Å². The third-order valence-electron chi connectivity index (χ3n) is 5.97. The Morgan fingerprint density at radius 2 is 1.63 bits per heavy atom. The van der Waals surface area contributed by atoms with Crippen LogP contribution in [0.3, 0.4) is 0 Å². The van der Waals surface area contributed by atoms with Crippen molar-refractivity contribution >= 4 is 50.9 Å². The van der Waals surface area contributed by atoms with E-state index in [1.165, 1.54) is 14.2 Å². The molecule has 8 nitrogen and oxygen atoms in total. The van der Waals surface area contributed by atoms with E-state index in [1.807, 2.05) is 0 Å². The highest BCUT2D eigenvalue weighted by Crippen LogP contribution is 2.24. The molecule has 38 heavy (non-hydrogen) atoms. The van der Waals surface area contributed by atoms with Gasteiger partial charge in [-0.2, -0.15) is 0 Å². The van der Waals surface area contributed by atoms with Crippen molar-refractivity contribution in [1.29, 1.82) is 0 Å². The van der Waals surface area contributed by atoms with Gasteiger partial charge in [-0.3, -0.25) is 23.7 Å². The molecule has 0 N–H and O–H groups in total. The van der Waals surface area contributed by atoms with Crippen molar-refractivity contribution in [2.24, 2.45) is 5.92 Å². The molecule has 4 aromatic rings. The fourth-order valence-corrected chi connectivity index (χ4v) is 5.16.